The number of ketones is 2. The van der Waals surface area contributed by atoms with E-state index in [0.29, 0.717) is 13.2 Å². The molecule has 6 aliphatic rings. The second-order valence-electron chi connectivity index (χ2n) is 16.4. The summed E-state index contributed by atoms with van der Waals surface area (Å²) in [7, 11) is 2.84. The lowest BCUT2D eigenvalue weighted by molar-refractivity contribution is -0.256. The van der Waals surface area contributed by atoms with Gasteiger partial charge in [-0.15, -0.1) is 0 Å². The summed E-state index contributed by atoms with van der Waals surface area (Å²) in [6.07, 6.45) is -3.47. The highest BCUT2D eigenvalue weighted by Gasteiger charge is 2.55. The summed E-state index contributed by atoms with van der Waals surface area (Å²) >= 11 is 0. The first-order valence-corrected chi connectivity index (χ1v) is 20.9. The molecule has 2 aromatic carbocycles. The van der Waals surface area contributed by atoms with E-state index in [2.05, 4.69) is 20.9 Å². The standard InChI is InChI=1S/C43H49N5O16/c1-19(46-26(49)10-13-48-27(50)8-9-28(48)51)39(56)44-11-12-45-42(57)43(58)17-22-31(37(55)33-32(35(22)53)34(52)21-6-5-7-24(59-3)30(21)36(33)54)25(18-43)63-29-16-23-38(20(2)62-29)64-40-41(60-4)61-15-14-47(23)40/h5-9,19-20,23,25,29,38,40-41,53,55,58H,10-18H2,1-4H3,(H,44,56)(H,45,57)(H,46,49)/t19-,20-,23-,25?,29-,38+,40+,41-,43?/m0/s1. The van der Waals surface area contributed by atoms with Crippen LogP contribution < -0.4 is 20.7 Å². The van der Waals surface area contributed by atoms with E-state index in [1.807, 2.05) is 0 Å². The lowest BCUT2D eigenvalue weighted by Crippen LogP contribution is -2.55. The first-order valence-electron chi connectivity index (χ1n) is 20.9. The third kappa shape index (κ3) is 7.90. The van der Waals surface area contributed by atoms with Gasteiger partial charge in [-0.2, -0.15) is 0 Å². The largest absolute Gasteiger partial charge is 0.507 e. The molecule has 0 radical (unpaired) electrons. The van der Waals surface area contributed by atoms with E-state index in [1.54, 1.807) is 6.92 Å². The smallest absolute Gasteiger partial charge is 0.253 e. The molecule has 0 spiro atoms. The number of morpholine rings is 1. The van der Waals surface area contributed by atoms with Crippen molar-refractivity contribution in [3.05, 3.63) is 63.7 Å². The number of aliphatic hydroxyl groups is 1. The van der Waals surface area contributed by atoms with Crippen LogP contribution in [0, 0.1) is 0 Å². The van der Waals surface area contributed by atoms with Crippen molar-refractivity contribution in [3.63, 3.8) is 0 Å². The Morgan fingerprint density at radius 2 is 1.69 bits per heavy atom. The van der Waals surface area contributed by atoms with Crippen molar-refractivity contribution in [1.29, 1.82) is 0 Å². The first kappa shape index (κ1) is 44.8. The van der Waals surface area contributed by atoms with E-state index in [1.165, 1.54) is 39.3 Å². The normalized spacial score (nSPS) is 28.7. The number of fused-ring (bicyclic) bond motifs is 6. The summed E-state index contributed by atoms with van der Waals surface area (Å²) in [6.45, 7) is 3.60. The quantitative estimate of drug-likeness (QED) is 0.0696. The Hall–Kier alpha value is -5.81. The zero-order valence-electron chi connectivity index (χ0n) is 35.4. The maximum Gasteiger partial charge on any atom is 0.253 e. The number of ether oxygens (including phenoxy) is 6. The van der Waals surface area contributed by atoms with Crippen molar-refractivity contribution < 1.29 is 77.3 Å². The van der Waals surface area contributed by atoms with Crippen LogP contribution in [0.4, 0.5) is 0 Å². The number of rotatable bonds is 13. The molecular weight excluding hydrogens is 842 g/mol. The van der Waals surface area contributed by atoms with Crippen LogP contribution in [0.5, 0.6) is 17.2 Å². The maximum absolute atomic E-state index is 14.2. The Morgan fingerprint density at radius 1 is 0.969 bits per heavy atom. The zero-order valence-corrected chi connectivity index (χ0v) is 35.4. The highest BCUT2D eigenvalue weighted by molar-refractivity contribution is 6.31. The van der Waals surface area contributed by atoms with Crippen molar-refractivity contribution in [3.8, 4) is 17.2 Å². The molecule has 0 bridgehead atoms. The van der Waals surface area contributed by atoms with Crippen molar-refractivity contribution in [2.45, 2.75) is 94.3 Å². The zero-order chi connectivity index (χ0) is 45.8. The summed E-state index contributed by atoms with van der Waals surface area (Å²) in [5.41, 5.74) is -3.85. The van der Waals surface area contributed by atoms with Gasteiger partial charge in [0, 0.05) is 93.9 Å². The Bertz CT molecular complexity index is 2320. The molecule has 8 rings (SSSR count). The molecule has 3 saturated heterocycles. The molecule has 21 heteroatoms. The number of imide groups is 1. The third-order valence-electron chi connectivity index (χ3n) is 12.5. The molecule has 2 aromatic rings. The van der Waals surface area contributed by atoms with Crippen molar-refractivity contribution in [1.82, 2.24) is 25.8 Å². The van der Waals surface area contributed by atoms with E-state index >= 15 is 0 Å². The molecule has 4 heterocycles. The summed E-state index contributed by atoms with van der Waals surface area (Å²) in [5, 5.41) is 43.8. The Kier molecular flexibility index (Phi) is 12.3. The van der Waals surface area contributed by atoms with E-state index in [0.717, 1.165) is 17.1 Å². The van der Waals surface area contributed by atoms with Crippen molar-refractivity contribution in [2.75, 3.05) is 47.0 Å². The fourth-order valence-corrected chi connectivity index (χ4v) is 9.43. The second kappa shape index (κ2) is 17.6. The van der Waals surface area contributed by atoms with Gasteiger partial charge in [0.25, 0.3) is 17.7 Å². The number of amides is 5. The predicted molar refractivity (Wildman–Crippen MR) is 216 cm³/mol. The summed E-state index contributed by atoms with van der Waals surface area (Å²) in [5.74, 6) is -6.13. The Balaban J connectivity index is 1.01. The van der Waals surface area contributed by atoms with Crippen LogP contribution >= 0.6 is 0 Å². The minimum absolute atomic E-state index is 0.0748. The summed E-state index contributed by atoms with van der Waals surface area (Å²) < 4.78 is 35.8. The van der Waals surface area contributed by atoms with Crippen molar-refractivity contribution in [2.24, 2.45) is 0 Å². The summed E-state index contributed by atoms with van der Waals surface area (Å²) in [4.78, 5) is 93.9. The van der Waals surface area contributed by atoms with Gasteiger partial charge >= 0.3 is 0 Å². The Labute approximate surface area is 365 Å². The number of nitrogens with zero attached hydrogens (tertiary/aromatic N) is 2. The molecule has 5 amide bonds. The molecule has 0 aromatic heterocycles. The van der Waals surface area contributed by atoms with Gasteiger partial charge in [0.1, 0.15) is 35.0 Å². The molecule has 21 nitrogen and oxygen atoms in total. The number of methoxy groups -OCH3 is 2. The van der Waals surface area contributed by atoms with Gasteiger partial charge < -0.3 is 59.7 Å². The second-order valence-corrected chi connectivity index (χ2v) is 16.4. The highest BCUT2D eigenvalue weighted by atomic mass is 16.7. The average Bonchev–Trinajstić information content (AvgIpc) is 3.82. The van der Waals surface area contributed by atoms with Crippen LogP contribution in [0.25, 0.3) is 0 Å². The maximum atomic E-state index is 14.2. The van der Waals surface area contributed by atoms with Crippen LogP contribution in [0.3, 0.4) is 0 Å². The molecule has 342 valence electrons. The van der Waals surface area contributed by atoms with Crippen LogP contribution in [-0.4, -0.2) is 162 Å². The van der Waals surface area contributed by atoms with Gasteiger partial charge in [-0.05, 0) is 19.9 Å². The molecule has 2 aliphatic carbocycles. The number of hydrogen-bond donors (Lipinski definition) is 6. The fraction of sp³-hybridized carbons (Fsp3) is 0.512. The molecule has 2 unspecified atom stereocenters. The molecule has 4 aliphatic heterocycles. The Morgan fingerprint density at radius 3 is 2.41 bits per heavy atom. The number of carbonyl (C=O) groups excluding carboxylic acids is 7. The van der Waals surface area contributed by atoms with Crippen LogP contribution in [0.15, 0.2) is 30.4 Å². The number of carbonyl (C=O) groups is 7. The number of aromatic hydroxyl groups is 2. The number of phenolic OH excluding ortho intramolecular Hbond substituents is 2. The average molecular weight is 892 g/mol. The number of phenols is 2. The van der Waals surface area contributed by atoms with Gasteiger partial charge in [0.2, 0.25) is 17.6 Å². The number of hydrogen-bond acceptors (Lipinski definition) is 17. The fourth-order valence-electron chi connectivity index (χ4n) is 9.43. The predicted octanol–water partition coefficient (Wildman–Crippen LogP) is -0.798. The van der Waals surface area contributed by atoms with Crippen LogP contribution in [0.2, 0.25) is 0 Å². The lowest BCUT2D eigenvalue weighted by Gasteiger charge is -2.43. The van der Waals surface area contributed by atoms with Crippen molar-refractivity contribution >= 4 is 41.1 Å². The minimum Gasteiger partial charge on any atom is -0.507 e. The van der Waals surface area contributed by atoms with E-state index in [4.69, 9.17) is 28.4 Å². The molecule has 0 saturated carbocycles. The summed E-state index contributed by atoms with van der Waals surface area (Å²) in [6, 6.07) is 3.10. The lowest BCUT2D eigenvalue weighted by atomic mass is 9.72. The van der Waals surface area contributed by atoms with Crippen LogP contribution in [-0.2, 0) is 54.1 Å². The van der Waals surface area contributed by atoms with E-state index in [9.17, 15) is 48.9 Å². The van der Waals surface area contributed by atoms with Gasteiger partial charge in [-0.1, -0.05) is 12.1 Å². The first-order chi connectivity index (χ1) is 30.6. The minimum atomic E-state index is -2.35. The number of benzene rings is 2. The topological polar surface area (TPSA) is 278 Å². The van der Waals surface area contributed by atoms with Gasteiger partial charge in [-0.3, -0.25) is 43.4 Å². The van der Waals surface area contributed by atoms with Gasteiger partial charge in [-0.25, -0.2) is 0 Å². The molecule has 6 N–H and O–H groups in total. The molecule has 3 fully saturated rings. The monoisotopic (exact) mass is 891 g/mol. The highest BCUT2D eigenvalue weighted by Crippen LogP contribution is 2.53. The SMILES string of the molecule is COc1cccc2c1C(=O)c1c(O)c3c(c(O)c1C2=O)CC(O)(C(=O)NCCNC(=O)[C@H](C)NC(=O)CCN1C(=O)C=CC1=O)CC3O[C@H]1C[C@H]2[C@H](O[C@@H]3[C@@H](OC)OCCN32)[C@H](C)O1. The van der Waals surface area contributed by atoms with E-state index < -0.39 is 125 Å². The number of nitrogens with one attached hydrogen (secondary N) is 3. The molecule has 64 heavy (non-hydrogen) atoms. The molecular formula is C43H49N5O16. The van der Waals surface area contributed by atoms with Gasteiger partial charge in [0.05, 0.1) is 42.6 Å². The molecule has 9 atom stereocenters. The van der Waals surface area contributed by atoms with E-state index in [-0.39, 0.29) is 66.5 Å². The van der Waals surface area contributed by atoms with Crippen LogP contribution in [0.1, 0.15) is 82.2 Å². The van der Waals surface area contributed by atoms with Gasteiger partial charge in [0.15, 0.2) is 24.6 Å². The third-order valence-corrected chi connectivity index (χ3v) is 12.5.